The molecule has 2 aromatic carbocycles. The lowest BCUT2D eigenvalue weighted by Crippen LogP contribution is -2.42. The molecule has 4 aromatic rings. The fraction of sp³-hybridized carbons (Fsp3) is 0.200. The Kier molecular flexibility index (Phi) is 5.46. The minimum absolute atomic E-state index is 0.242. The molecule has 0 bridgehead atoms. The lowest BCUT2D eigenvalue weighted by molar-refractivity contribution is -0.128. The van der Waals surface area contributed by atoms with Gasteiger partial charge in [0.1, 0.15) is 11.4 Å². The first-order valence-electron chi connectivity index (χ1n) is 10.0. The van der Waals surface area contributed by atoms with Gasteiger partial charge in [0.25, 0.3) is 5.91 Å². The van der Waals surface area contributed by atoms with E-state index in [2.05, 4.69) is 5.32 Å². The van der Waals surface area contributed by atoms with E-state index in [-0.39, 0.29) is 5.91 Å². The van der Waals surface area contributed by atoms with Gasteiger partial charge in [-0.2, -0.15) is 0 Å². The van der Waals surface area contributed by atoms with Gasteiger partial charge in [-0.25, -0.2) is 4.98 Å². The first-order chi connectivity index (χ1) is 14.7. The molecule has 31 heavy (non-hydrogen) atoms. The first kappa shape index (κ1) is 20.9. The topological polar surface area (TPSA) is 55.6 Å². The number of pyridine rings is 1. The van der Waals surface area contributed by atoms with Crippen LogP contribution in [0.15, 0.2) is 67.0 Å². The second-order valence-corrected chi connectivity index (χ2v) is 8.53. The predicted molar refractivity (Wildman–Crippen MR) is 125 cm³/mol. The summed E-state index contributed by atoms with van der Waals surface area (Å²) in [5.41, 5.74) is 4.41. The number of carbonyl (C=O) groups excluding carboxylic acids is 1. The molecule has 0 aliphatic carbocycles. The number of hydrogen-bond acceptors (Lipinski definition) is 3. The van der Waals surface area contributed by atoms with E-state index in [1.807, 2.05) is 61.0 Å². The van der Waals surface area contributed by atoms with Gasteiger partial charge in [0.2, 0.25) is 0 Å². The van der Waals surface area contributed by atoms with Gasteiger partial charge in [0.05, 0.1) is 5.69 Å². The summed E-state index contributed by atoms with van der Waals surface area (Å²) in [5, 5.41) is 3.63. The first-order valence-corrected chi connectivity index (χ1v) is 10.4. The minimum Gasteiger partial charge on any atom is -0.478 e. The van der Waals surface area contributed by atoms with Crippen LogP contribution in [-0.4, -0.2) is 20.9 Å². The molecule has 0 unspecified atom stereocenters. The number of ether oxygens (including phenoxy) is 1. The van der Waals surface area contributed by atoms with E-state index in [4.69, 9.17) is 21.3 Å². The number of aryl methyl sites for hydroxylation is 2. The summed E-state index contributed by atoms with van der Waals surface area (Å²) in [6.07, 6.45) is 3.97. The van der Waals surface area contributed by atoms with Crippen molar-refractivity contribution >= 4 is 28.8 Å². The SMILES string of the molecule is Cc1ccc(-c2cn3cccc(C)c3n2)cc1NC(=O)C(C)(C)Oc1ccc(Cl)cc1. The van der Waals surface area contributed by atoms with Crippen LogP contribution in [0.1, 0.15) is 25.0 Å². The van der Waals surface area contributed by atoms with Crippen LogP contribution in [-0.2, 0) is 4.79 Å². The number of rotatable bonds is 5. The van der Waals surface area contributed by atoms with Crippen LogP contribution in [0, 0.1) is 13.8 Å². The van der Waals surface area contributed by atoms with Crippen LogP contribution in [0.4, 0.5) is 5.69 Å². The van der Waals surface area contributed by atoms with Crippen molar-refractivity contribution in [2.75, 3.05) is 5.32 Å². The standard InChI is InChI=1S/C25H24ClN3O2/c1-16-7-8-18(22-15-29-13-5-6-17(2)23(29)27-22)14-21(16)28-24(30)25(3,4)31-20-11-9-19(26)10-12-20/h5-15H,1-4H3,(H,28,30). The Balaban J connectivity index is 1.58. The van der Waals surface area contributed by atoms with Gasteiger partial charge in [0, 0.05) is 28.7 Å². The fourth-order valence-corrected chi connectivity index (χ4v) is 3.45. The maximum Gasteiger partial charge on any atom is 0.267 e. The van der Waals surface area contributed by atoms with Gasteiger partial charge in [-0.15, -0.1) is 0 Å². The number of anilines is 1. The summed E-state index contributed by atoms with van der Waals surface area (Å²) in [7, 11) is 0. The Morgan fingerprint density at radius 2 is 1.81 bits per heavy atom. The molecule has 0 aliphatic rings. The quantitative estimate of drug-likeness (QED) is 0.415. The highest BCUT2D eigenvalue weighted by Crippen LogP contribution is 2.28. The number of nitrogens with one attached hydrogen (secondary N) is 1. The third kappa shape index (κ3) is 4.42. The smallest absolute Gasteiger partial charge is 0.267 e. The monoisotopic (exact) mass is 433 g/mol. The number of imidazole rings is 1. The van der Waals surface area contributed by atoms with Crippen molar-refractivity contribution in [2.45, 2.75) is 33.3 Å². The zero-order valence-corrected chi connectivity index (χ0v) is 18.7. The maximum absolute atomic E-state index is 13.0. The molecule has 0 radical (unpaired) electrons. The van der Waals surface area contributed by atoms with Gasteiger partial charge in [-0.05, 0) is 75.2 Å². The summed E-state index contributed by atoms with van der Waals surface area (Å²) < 4.78 is 7.92. The van der Waals surface area contributed by atoms with E-state index in [1.165, 1.54) is 0 Å². The summed E-state index contributed by atoms with van der Waals surface area (Å²) >= 11 is 5.93. The molecular formula is C25H24ClN3O2. The van der Waals surface area contributed by atoms with Crippen molar-refractivity contribution < 1.29 is 9.53 Å². The van der Waals surface area contributed by atoms with Crippen LogP contribution in [0.5, 0.6) is 5.75 Å². The third-order valence-electron chi connectivity index (χ3n) is 5.19. The Hall–Kier alpha value is -3.31. The summed E-state index contributed by atoms with van der Waals surface area (Å²) in [4.78, 5) is 17.8. The molecule has 1 amide bonds. The summed E-state index contributed by atoms with van der Waals surface area (Å²) in [6.45, 7) is 7.47. The molecule has 2 aromatic heterocycles. The maximum atomic E-state index is 13.0. The Morgan fingerprint density at radius 1 is 1.06 bits per heavy atom. The van der Waals surface area contributed by atoms with E-state index < -0.39 is 5.60 Å². The van der Waals surface area contributed by atoms with Crippen molar-refractivity contribution in [3.63, 3.8) is 0 Å². The van der Waals surface area contributed by atoms with Gasteiger partial charge in [-0.3, -0.25) is 4.79 Å². The number of hydrogen-bond donors (Lipinski definition) is 1. The number of benzene rings is 2. The molecule has 1 N–H and O–H groups in total. The zero-order valence-electron chi connectivity index (χ0n) is 17.9. The molecule has 0 saturated carbocycles. The van der Waals surface area contributed by atoms with Gasteiger partial charge in [-0.1, -0.05) is 29.8 Å². The van der Waals surface area contributed by atoms with Crippen molar-refractivity contribution in [3.05, 3.63) is 83.1 Å². The van der Waals surface area contributed by atoms with Gasteiger partial charge >= 0.3 is 0 Å². The van der Waals surface area contributed by atoms with Crippen LogP contribution >= 0.6 is 11.6 Å². The van der Waals surface area contributed by atoms with E-state index in [9.17, 15) is 4.79 Å². The number of carbonyl (C=O) groups is 1. The van der Waals surface area contributed by atoms with E-state index in [0.29, 0.717) is 10.8 Å². The number of amides is 1. The molecule has 0 saturated heterocycles. The number of fused-ring (bicyclic) bond motifs is 1. The molecular weight excluding hydrogens is 410 g/mol. The van der Waals surface area contributed by atoms with E-state index in [0.717, 1.165) is 33.7 Å². The average molecular weight is 434 g/mol. The summed E-state index contributed by atoms with van der Waals surface area (Å²) in [5.74, 6) is 0.337. The highest BCUT2D eigenvalue weighted by atomic mass is 35.5. The molecule has 0 fully saturated rings. The molecule has 0 aliphatic heterocycles. The highest BCUT2D eigenvalue weighted by molar-refractivity contribution is 6.30. The number of aromatic nitrogens is 2. The van der Waals surface area contributed by atoms with Crippen molar-refractivity contribution in [2.24, 2.45) is 0 Å². The number of nitrogens with zero attached hydrogens (tertiary/aromatic N) is 2. The minimum atomic E-state index is -1.07. The van der Waals surface area contributed by atoms with Gasteiger partial charge < -0.3 is 14.5 Å². The molecule has 2 heterocycles. The van der Waals surface area contributed by atoms with Crippen molar-refractivity contribution in [1.82, 2.24) is 9.38 Å². The Labute approximate surface area is 186 Å². The molecule has 5 nitrogen and oxygen atoms in total. The van der Waals surface area contributed by atoms with Crippen LogP contribution in [0.25, 0.3) is 16.9 Å². The molecule has 4 rings (SSSR count). The Bertz CT molecular complexity index is 1260. The third-order valence-corrected chi connectivity index (χ3v) is 5.44. The van der Waals surface area contributed by atoms with Gasteiger partial charge in [0.15, 0.2) is 5.60 Å². The van der Waals surface area contributed by atoms with E-state index in [1.54, 1.807) is 38.1 Å². The highest BCUT2D eigenvalue weighted by Gasteiger charge is 2.30. The second-order valence-electron chi connectivity index (χ2n) is 8.10. The van der Waals surface area contributed by atoms with Crippen LogP contribution in [0.3, 0.4) is 0 Å². The largest absolute Gasteiger partial charge is 0.478 e. The average Bonchev–Trinajstić information content (AvgIpc) is 3.17. The van der Waals surface area contributed by atoms with Crippen molar-refractivity contribution in [1.29, 1.82) is 0 Å². The number of halogens is 1. The normalized spacial score (nSPS) is 11.5. The molecule has 6 heteroatoms. The van der Waals surface area contributed by atoms with Crippen LogP contribution in [0.2, 0.25) is 5.02 Å². The second kappa shape index (κ2) is 8.08. The Morgan fingerprint density at radius 3 is 2.52 bits per heavy atom. The summed E-state index contributed by atoms with van der Waals surface area (Å²) in [6, 6.07) is 16.9. The fourth-order valence-electron chi connectivity index (χ4n) is 3.33. The predicted octanol–water partition coefficient (Wildman–Crippen LogP) is 6.07. The molecule has 0 atom stereocenters. The lowest BCUT2D eigenvalue weighted by atomic mass is 10.1. The molecule has 0 spiro atoms. The van der Waals surface area contributed by atoms with Crippen LogP contribution < -0.4 is 10.1 Å². The lowest BCUT2D eigenvalue weighted by Gasteiger charge is -2.26. The molecule has 158 valence electrons. The van der Waals surface area contributed by atoms with Crippen molar-refractivity contribution in [3.8, 4) is 17.0 Å². The zero-order chi connectivity index (χ0) is 22.2. The van der Waals surface area contributed by atoms with E-state index >= 15 is 0 Å².